The average Bonchev–Trinajstić information content (AvgIpc) is 3.36. The van der Waals surface area contributed by atoms with E-state index in [0.29, 0.717) is 22.8 Å². The Morgan fingerprint density at radius 3 is 2.12 bits per heavy atom. The molecule has 34 heavy (non-hydrogen) atoms. The summed E-state index contributed by atoms with van der Waals surface area (Å²) in [5, 5.41) is 16.4. The van der Waals surface area contributed by atoms with Crippen molar-refractivity contribution in [1.29, 1.82) is 0 Å². The monoisotopic (exact) mass is 458 g/mol. The van der Waals surface area contributed by atoms with Crippen molar-refractivity contribution < 1.29 is 9.53 Å². The highest BCUT2D eigenvalue weighted by atomic mass is 16.5. The second-order valence-electron chi connectivity index (χ2n) is 8.80. The van der Waals surface area contributed by atoms with E-state index >= 15 is 0 Å². The molecule has 0 spiro atoms. The van der Waals surface area contributed by atoms with Gasteiger partial charge in [-0.2, -0.15) is 5.10 Å². The van der Waals surface area contributed by atoms with Crippen LogP contribution >= 0.6 is 0 Å². The molecule has 9 heteroatoms. The number of carbonyl (C=O) groups is 1. The van der Waals surface area contributed by atoms with E-state index in [-0.39, 0.29) is 22.6 Å². The SMILES string of the molecule is COC(=O)c1c(C(C)(C)C)nn(-c2ccccc2)c1N=Nc1c(C)[nH]n(-c2ccccc2)c1=O. The minimum atomic E-state index is -0.575. The number of hydrogen-bond acceptors (Lipinski definition) is 6. The number of rotatable bonds is 5. The molecular weight excluding hydrogens is 432 g/mol. The lowest BCUT2D eigenvalue weighted by Gasteiger charge is -2.16. The minimum Gasteiger partial charge on any atom is -0.465 e. The summed E-state index contributed by atoms with van der Waals surface area (Å²) in [5.74, 6) is -0.386. The molecule has 4 aromatic rings. The van der Waals surface area contributed by atoms with Gasteiger partial charge >= 0.3 is 5.97 Å². The first kappa shape index (κ1) is 22.9. The second-order valence-corrected chi connectivity index (χ2v) is 8.80. The van der Waals surface area contributed by atoms with E-state index in [4.69, 9.17) is 9.84 Å². The molecule has 0 atom stereocenters. The highest BCUT2D eigenvalue weighted by molar-refractivity contribution is 5.96. The van der Waals surface area contributed by atoms with E-state index in [2.05, 4.69) is 15.3 Å². The molecule has 0 saturated carbocycles. The summed E-state index contributed by atoms with van der Waals surface area (Å²) >= 11 is 0. The van der Waals surface area contributed by atoms with Crippen LogP contribution < -0.4 is 5.56 Å². The number of aromatic nitrogens is 4. The third-order valence-electron chi connectivity index (χ3n) is 5.26. The molecule has 4 rings (SSSR count). The summed E-state index contributed by atoms with van der Waals surface area (Å²) in [6.45, 7) is 7.60. The Labute approximate surface area is 196 Å². The topological polar surface area (TPSA) is 107 Å². The lowest BCUT2D eigenvalue weighted by Crippen LogP contribution is -2.17. The number of azo groups is 1. The zero-order valence-electron chi connectivity index (χ0n) is 19.7. The number of ether oxygens (including phenoxy) is 1. The summed E-state index contributed by atoms with van der Waals surface area (Å²) < 4.78 is 8.01. The number of esters is 1. The van der Waals surface area contributed by atoms with Crippen LogP contribution in [0.15, 0.2) is 75.7 Å². The third kappa shape index (κ3) is 4.19. The highest BCUT2D eigenvalue weighted by Crippen LogP contribution is 2.35. The number of carbonyl (C=O) groups excluding carboxylic acids is 1. The first-order valence-electron chi connectivity index (χ1n) is 10.8. The number of aromatic amines is 1. The second kappa shape index (κ2) is 8.93. The molecule has 2 aromatic heterocycles. The summed E-state index contributed by atoms with van der Waals surface area (Å²) in [6, 6.07) is 18.5. The van der Waals surface area contributed by atoms with Gasteiger partial charge in [-0.15, -0.1) is 10.2 Å². The van der Waals surface area contributed by atoms with Gasteiger partial charge in [-0.25, -0.2) is 14.2 Å². The zero-order valence-corrected chi connectivity index (χ0v) is 19.7. The predicted octanol–water partition coefficient (Wildman–Crippen LogP) is 5.16. The maximum atomic E-state index is 13.1. The number of nitrogens with zero attached hydrogens (tertiary/aromatic N) is 5. The van der Waals surface area contributed by atoms with Gasteiger partial charge in [-0.1, -0.05) is 57.2 Å². The van der Waals surface area contributed by atoms with Gasteiger partial charge in [0.2, 0.25) is 0 Å². The molecule has 2 aromatic carbocycles. The first-order chi connectivity index (χ1) is 16.2. The van der Waals surface area contributed by atoms with Crippen LogP contribution in [0.2, 0.25) is 0 Å². The molecule has 174 valence electrons. The van der Waals surface area contributed by atoms with Crippen LogP contribution in [0.3, 0.4) is 0 Å². The predicted molar refractivity (Wildman–Crippen MR) is 129 cm³/mol. The fourth-order valence-electron chi connectivity index (χ4n) is 3.58. The fourth-order valence-corrected chi connectivity index (χ4v) is 3.58. The van der Waals surface area contributed by atoms with Crippen LogP contribution in [0.4, 0.5) is 11.5 Å². The van der Waals surface area contributed by atoms with Crippen LogP contribution in [0.25, 0.3) is 11.4 Å². The molecule has 0 aliphatic rings. The van der Waals surface area contributed by atoms with Crippen molar-refractivity contribution in [1.82, 2.24) is 19.6 Å². The normalized spacial score (nSPS) is 11.8. The van der Waals surface area contributed by atoms with Gasteiger partial charge in [0.15, 0.2) is 11.5 Å². The van der Waals surface area contributed by atoms with Gasteiger partial charge in [0.1, 0.15) is 5.56 Å². The third-order valence-corrected chi connectivity index (χ3v) is 5.26. The lowest BCUT2D eigenvalue weighted by atomic mass is 9.89. The van der Waals surface area contributed by atoms with Crippen molar-refractivity contribution >= 4 is 17.5 Å². The Bertz CT molecular complexity index is 1410. The summed E-state index contributed by atoms with van der Waals surface area (Å²) in [7, 11) is 1.31. The Morgan fingerprint density at radius 1 is 0.971 bits per heavy atom. The van der Waals surface area contributed by atoms with E-state index in [0.717, 1.165) is 0 Å². The number of methoxy groups -OCH3 is 1. The lowest BCUT2D eigenvalue weighted by molar-refractivity contribution is 0.0599. The maximum absolute atomic E-state index is 13.1. The van der Waals surface area contributed by atoms with Crippen molar-refractivity contribution in [3.63, 3.8) is 0 Å². The summed E-state index contributed by atoms with van der Waals surface area (Å²) in [5.41, 5.74) is 1.95. The van der Waals surface area contributed by atoms with Gasteiger partial charge in [0, 0.05) is 5.41 Å². The molecule has 9 nitrogen and oxygen atoms in total. The maximum Gasteiger partial charge on any atom is 0.343 e. The molecule has 0 aliphatic heterocycles. The van der Waals surface area contributed by atoms with Crippen LogP contribution in [-0.4, -0.2) is 32.6 Å². The van der Waals surface area contributed by atoms with E-state index in [1.807, 2.05) is 81.4 Å². The molecule has 0 amide bonds. The number of hydrogen-bond donors (Lipinski definition) is 1. The fraction of sp³-hybridized carbons (Fsp3) is 0.240. The average molecular weight is 459 g/mol. The van der Waals surface area contributed by atoms with E-state index in [1.54, 1.807) is 11.6 Å². The summed E-state index contributed by atoms with van der Waals surface area (Å²) in [6.07, 6.45) is 0. The Balaban J connectivity index is 1.91. The number of benzene rings is 2. The van der Waals surface area contributed by atoms with Crippen molar-refractivity contribution in [3.8, 4) is 11.4 Å². The van der Waals surface area contributed by atoms with Gasteiger partial charge in [0.25, 0.3) is 5.56 Å². The van der Waals surface area contributed by atoms with Crippen LogP contribution in [0.5, 0.6) is 0 Å². The molecule has 0 fully saturated rings. The van der Waals surface area contributed by atoms with Crippen molar-refractivity contribution in [2.24, 2.45) is 10.2 Å². The van der Waals surface area contributed by atoms with Crippen LogP contribution in [0, 0.1) is 6.92 Å². The smallest absolute Gasteiger partial charge is 0.343 e. The Morgan fingerprint density at radius 2 is 1.56 bits per heavy atom. The van der Waals surface area contributed by atoms with E-state index in [9.17, 15) is 9.59 Å². The Kier molecular flexibility index (Phi) is 6.02. The van der Waals surface area contributed by atoms with Crippen molar-refractivity contribution in [3.05, 3.63) is 88.0 Å². The number of nitrogens with one attached hydrogen (secondary N) is 1. The van der Waals surface area contributed by atoms with Gasteiger partial charge in [-0.3, -0.25) is 9.89 Å². The minimum absolute atomic E-state index is 0.137. The molecule has 0 unspecified atom stereocenters. The molecular formula is C25H26N6O3. The van der Waals surface area contributed by atoms with E-state index < -0.39 is 11.4 Å². The van der Waals surface area contributed by atoms with Gasteiger partial charge in [-0.05, 0) is 31.2 Å². The van der Waals surface area contributed by atoms with Gasteiger partial charge < -0.3 is 4.74 Å². The van der Waals surface area contributed by atoms with Crippen molar-refractivity contribution in [2.75, 3.05) is 7.11 Å². The standard InChI is InChI=1S/C25H26N6O3/c1-16-20(23(32)31(28-16)18-14-10-7-11-15-18)26-27-22-19(24(33)34-5)21(25(2,3)4)29-30(22)17-12-8-6-9-13-17/h6-15,28H,1-5H3. The first-order valence-corrected chi connectivity index (χ1v) is 10.8. The number of H-pyrrole nitrogens is 1. The summed E-state index contributed by atoms with van der Waals surface area (Å²) in [4.78, 5) is 25.9. The van der Waals surface area contributed by atoms with E-state index in [1.165, 1.54) is 11.8 Å². The Hall–Kier alpha value is -4.27. The van der Waals surface area contributed by atoms with Crippen molar-refractivity contribution in [2.45, 2.75) is 33.1 Å². The number of para-hydroxylation sites is 2. The highest BCUT2D eigenvalue weighted by Gasteiger charge is 2.32. The van der Waals surface area contributed by atoms with Crippen LogP contribution in [0.1, 0.15) is 42.5 Å². The molecule has 0 saturated heterocycles. The van der Waals surface area contributed by atoms with Gasteiger partial charge in [0.05, 0.1) is 29.9 Å². The molecule has 0 radical (unpaired) electrons. The molecule has 2 heterocycles. The molecule has 0 aliphatic carbocycles. The van der Waals surface area contributed by atoms with Crippen LogP contribution in [-0.2, 0) is 10.2 Å². The largest absolute Gasteiger partial charge is 0.465 e. The molecule has 0 bridgehead atoms. The number of aryl methyl sites for hydroxylation is 1. The quantitative estimate of drug-likeness (QED) is 0.329. The zero-order chi connectivity index (χ0) is 24.5. The molecule has 1 N–H and O–H groups in total.